The minimum absolute atomic E-state index is 0.143. The summed E-state index contributed by atoms with van der Waals surface area (Å²) in [7, 11) is 0. The van der Waals surface area contributed by atoms with Gasteiger partial charge in [0, 0.05) is 48.3 Å². The molecule has 0 unspecified atom stereocenters. The smallest absolute Gasteiger partial charge is 0.219 e. The maximum absolute atomic E-state index is 11.5. The molecule has 1 atom stereocenters. The van der Waals surface area contributed by atoms with E-state index in [0.717, 1.165) is 42.5 Å². The van der Waals surface area contributed by atoms with E-state index in [4.69, 9.17) is 11.6 Å². The van der Waals surface area contributed by atoms with Crippen LogP contribution < -0.4 is 5.32 Å². The van der Waals surface area contributed by atoms with E-state index < -0.39 is 0 Å². The fraction of sp³-hybridized carbons (Fsp3) is 0.375. The van der Waals surface area contributed by atoms with Crippen molar-refractivity contribution in [2.75, 3.05) is 18.4 Å². The number of hydrogen-bond donors (Lipinski definition) is 1. The number of benzene rings is 1. The zero-order valence-electron chi connectivity index (χ0n) is 12.0. The summed E-state index contributed by atoms with van der Waals surface area (Å²) >= 11 is 6.09. The summed E-state index contributed by atoms with van der Waals surface area (Å²) < 4.78 is 0. The molecule has 4 nitrogen and oxygen atoms in total. The number of piperidine rings is 1. The standard InChI is InChI=1S/C16H18ClN3O/c1-11(21)20-8-2-3-13(10-20)19-16-6-7-18-15-5-4-12(17)9-14(15)16/h4-7,9,13H,2-3,8,10H2,1H3,(H,18,19)/t13-/m0/s1. The van der Waals surface area contributed by atoms with E-state index in [9.17, 15) is 4.79 Å². The van der Waals surface area contributed by atoms with E-state index in [2.05, 4.69) is 10.3 Å². The van der Waals surface area contributed by atoms with Crippen LogP contribution in [0.4, 0.5) is 5.69 Å². The number of halogens is 1. The molecule has 1 saturated heterocycles. The SMILES string of the molecule is CC(=O)N1CCC[C@H](Nc2ccnc3ccc(Cl)cc23)C1. The Bertz CT molecular complexity index is 674. The number of nitrogens with one attached hydrogen (secondary N) is 1. The van der Waals surface area contributed by atoms with Gasteiger partial charge in [-0.1, -0.05) is 11.6 Å². The van der Waals surface area contributed by atoms with Crippen molar-refractivity contribution >= 4 is 34.1 Å². The lowest BCUT2D eigenvalue weighted by Crippen LogP contribution is -2.44. The summed E-state index contributed by atoms with van der Waals surface area (Å²) in [5.74, 6) is 0.143. The monoisotopic (exact) mass is 303 g/mol. The largest absolute Gasteiger partial charge is 0.380 e. The highest BCUT2D eigenvalue weighted by Crippen LogP contribution is 2.26. The van der Waals surface area contributed by atoms with Crippen LogP contribution in [0.5, 0.6) is 0 Å². The summed E-state index contributed by atoms with van der Waals surface area (Å²) in [6.07, 6.45) is 3.89. The summed E-state index contributed by atoms with van der Waals surface area (Å²) in [5.41, 5.74) is 1.95. The molecule has 0 aliphatic carbocycles. The van der Waals surface area contributed by atoms with E-state index in [1.807, 2.05) is 29.2 Å². The van der Waals surface area contributed by atoms with Gasteiger partial charge in [0.15, 0.2) is 0 Å². The summed E-state index contributed by atoms with van der Waals surface area (Å²) in [6.45, 7) is 3.24. The first kappa shape index (κ1) is 14.1. The molecule has 1 aromatic heterocycles. The zero-order chi connectivity index (χ0) is 14.8. The number of likely N-dealkylation sites (tertiary alicyclic amines) is 1. The number of carbonyl (C=O) groups excluding carboxylic acids is 1. The fourth-order valence-electron chi connectivity index (χ4n) is 2.85. The second kappa shape index (κ2) is 5.90. The topological polar surface area (TPSA) is 45.2 Å². The molecule has 110 valence electrons. The van der Waals surface area contributed by atoms with Crippen molar-refractivity contribution < 1.29 is 4.79 Å². The molecule has 1 aliphatic heterocycles. The Hall–Kier alpha value is -1.81. The van der Waals surface area contributed by atoms with Crippen molar-refractivity contribution in [3.05, 3.63) is 35.5 Å². The van der Waals surface area contributed by atoms with Crippen LogP contribution in [0.2, 0.25) is 5.02 Å². The van der Waals surface area contributed by atoms with Gasteiger partial charge in [-0.2, -0.15) is 0 Å². The lowest BCUT2D eigenvalue weighted by molar-refractivity contribution is -0.129. The lowest BCUT2D eigenvalue weighted by atomic mass is 10.0. The second-order valence-electron chi connectivity index (χ2n) is 5.47. The molecular weight excluding hydrogens is 286 g/mol. The van der Waals surface area contributed by atoms with Crippen molar-refractivity contribution in [3.63, 3.8) is 0 Å². The Kier molecular flexibility index (Phi) is 3.97. The van der Waals surface area contributed by atoms with Gasteiger partial charge in [0.25, 0.3) is 0 Å². The second-order valence-corrected chi connectivity index (χ2v) is 5.90. The maximum Gasteiger partial charge on any atom is 0.219 e. The highest BCUT2D eigenvalue weighted by Gasteiger charge is 2.21. The summed E-state index contributed by atoms with van der Waals surface area (Å²) in [4.78, 5) is 17.8. The quantitative estimate of drug-likeness (QED) is 0.926. The average molecular weight is 304 g/mol. The molecule has 0 radical (unpaired) electrons. The molecular formula is C16H18ClN3O. The Morgan fingerprint density at radius 1 is 1.43 bits per heavy atom. The van der Waals surface area contributed by atoms with Crippen LogP contribution in [-0.2, 0) is 4.79 Å². The number of fused-ring (bicyclic) bond motifs is 1. The van der Waals surface area contributed by atoms with Crippen LogP contribution in [0.25, 0.3) is 10.9 Å². The van der Waals surface area contributed by atoms with Gasteiger partial charge in [0.2, 0.25) is 5.91 Å². The van der Waals surface area contributed by atoms with Crippen LogP contribution in [0.15, 0.2) is 30.5 Å². The molecule has 1 N–H and O–H groups in total. The van der Waals surface area contributed by atoms with Crippen molar-refractivity contribution in [1.29, 1.82) is 0 Å². The Balaban J connectivity index is 1.84. The first-order valence-electron chi connectivity index (χ1n) is 7.20. The fourth-order valence-corrected chi connectivity index (χ4v) is 3.02. The Morgan fingerprint density at radius 2 is 2.29 bits per heavy atom. The molecule has 2 heterocycles. The van der Waals surface area contributed by atoms with Gasteiger partial charge < -0.3 is 10.2 Å². The van der Waals surface area contributed by atoms with Crippen LogP contribution in [-0.4, -0.2) is 34.9 Å². The van der Waals surface area contributed by atoms with Gasteiger partial charge in [0.1, 0.15) is 0 Å². The number of rotatable bonds is 2. The highest BCUT2D eigenvalue weighted by atomic mass is 35.5. The van der Waals surface area contributed by atoms with Gasteiger partial charge >= 0.3 is 0 Å². The number of anilines is 1. The molecule has 0 spiro atoms. The number of amides is 1. The van der Waals surface area contributed by atoms with E-state index in [1.54, 1.807) is 13.1 Å². The van der Waals surface area contributed by atoms with Gasteiger partial charge in [-0.25, -0.2) is 0 Å². The van der Waals surface area contributed by atoms with Crippen LogP contribution in [0.1, 0.15) is 19.8 Å². The maximum atomic E-state index is 11.5. The van der Waals surface area contributed by atoms with Crippen LogP contribution in [0, 0.1) is 0 Å². The van der Waals surface area contributed by atoms with Crippen molar-refractivity contribution in [1.82, 2.24) is 9.88 Å². The lowest BCUT2D eigenvalue weighted by Gasteiger charge is -2.33. The molecule has 5 heteroatoms. The third-order valence-electron chi connectivity index (χ3n) is 3.93. The van der Waals surface area contributed by atoms with E-state index in [1.165, 1.54) is 0 Å². The first-order valence-corrected chi connectivity index (χ1v) is 7.57. The summed E-state index contributed by atoms with van der Waals surface area (Å²) in [6, 6.07) is 7.93. The molecule has 1 aliphatic rings. The molecule has 1 aromatic carbocycles. The average Bonchev–Trinajstić information content (AvgIpc) is 2.48. The minimum Gasteiger partial charge on any atom is -0.380 e. The van der Waals surface area contributed by atoms with Gasteiger partial charge in [0.05, 0.1) is 5.52 Å². The Morgan fingerprint density at radius 3 is 3.10 bits per heavy atom. The number of nitrogens with zero attached hydrogens (tertiary/aromatic N) is 2. The van der Waals surface area contributed by atoms with Crippen LogP contribution >= 0.6 is 11.6 Å². The van der Waals surface area contributed by atoms with E-state index in [-0.39, 0.29) is 11.9 Å². The zero-order valence-corrected chi connectivity index (χ0v) is 12.7. The van der Waals surface area contributed by atoms with E-state index >= 15 is 0 Å². The predicted molar refractivity (Wildman–Crippen MR) is 85.7 cm³/mol. The molecule has 3 rings (SSSR count). The Labute approximate surface area is 129 Å². The minimum atomic E-state index is 0.143. The highest BCUT2D eigenvalue weighted by molar-refractivity contribution is 6.31. The number of hydrogen-bond acceptors (Lipinski definition) is 3. The van der Waals surface area contributed by atoms with Crippen molar-refractivity contribution in [2.45, 2.75) is 25.8 Å². The molecule has 1 amide bonds. The van der Waals surface area contributed by atoms with E-state index in [0.29, 0.717) is 5.02 Å². The van der Waals surface area contributed by atoms with Crippen molar-refractivity contribution in [2.24, 2.45) is 0 Å². The normalized spacial score (nSPS) is 18.8. The number of carbonyl (C=O) groups is 1. The number of aromatic nitrogens is 1. The van der Waals surface area contributed by atoms with Crippen LogP contribution in [0.3, 0.4) is 0 Å². The summed E-state index contributed by atoms with van der Waals surface area (Å²) in [5, 5.41) is 5.26. The third kappa shape index (κ3) is 3.10. The van der Waals surface area contributed by atoms with Gasteiger partial charge in [-0.15, -0.1) is 0 Å². The molecule has 1 fully saturated rings. The van der Waals surface area contributed by atoms with Gasteiger partial charge in [-0.3, -0.25) is 9.78 Å². The number of pyridine rings is 1. The van der Waals surface area contributed by atoms with Crippen molar-refractivity contribution in [3.8, 4) is 0 Å². The molecule has 2 aromatic rings. The van der Waals surface area contributed by atoms with Gasteiger partial charge in [-0.05, 0) is 37.1 Å². The molecule has 0 bridgehead atoms. The third-order valence-corrected chi connectivity index (χ3v) is 4.17. The first-order chi connectivity index (χ1) is 10.1. The molecule has 0 saturated carbocycles. The predicted octanol–water partition coefficient (Wildman–Crippen LogP) is 3.31. The molecule has 21 heavy (non-hydrogen) atoms.